The Hall–Kier alpha value is -2.28. The van der Waals surface area contributed by atoms with E-state index in [0.29, 0.717) is 11.2 Å². The van der Waals surface area contributed by atoms with E-state index >= 15 is 0 Å². The summed E-state index contributed by atoms with van der Waals surface area (Å²) in [7, 11) is 0. The van der Waals surface area contributed by atoms with Crippen molar-refractivity contribution < 1.29 is 5.11 Å². The van der Waals surface area contributed by atoms with Gasteiger partial charge in [-0.05, 0) is 70.7 Å². The molecule has 3 aromatic carbocycles. The molecule has 5 rings (SSSR count). The van der Waals surface area contributed by atoms with E-state index in [2.05, 4.69) is 63.2 Å². The van der Waals surface area contributed by atoms with Crippen LogP contribution < -0.4 is 0 Å². The number of fused-ring (bicyclic) bond motifs is 7. The second-order valence-electron chi connectivity index (χ2n) is 9.63. The normalized spacial score (nSPS) is 24.2. The molecule has 1 saturated carbocycles. The molecule has 0 heterocycles. The third kappa shape index (κ3) is 2.30. The molecule has 2 aliphatic rings. The molecular weight excluding hydrogens is 328 g/mol. The van der Waals surface area contributed by atoms with E-state index < -0.39 is 0 Å². The van der Waals surface area contributed by atoms with Crippen molar-refractivity contribution in [1.29, 1.82) is 0 Å². The molecule has 0 amide bonds. The van der Waals surface area contributed by atoms with Crippen molar-refractivity contribution in [3.8, 4) is 16.9 Å². The number of hydrogen-bond donors (Lipinski definition) is 1. The first-order valence-electron chi connectivity index (χ1n) is 10.3. The first kappa shape index (κ1) is 16.9. The predicted octanol–water partition coefficient (Wildman–Crippen LogP) is 7.05. The zero-order valence-electron chi connectivity index (χ0n) is 16.5. The van der Waals surface area contributed by atoms with Gasteiger partial charge < -0.3 is 5.11 Å². The molecule has 0 saturated heterocycles. The van der Waals surface area contributed by atoms with E-state index in [4.69, 9.17) is 0 Å². The molecule has 1 heteroatoms. The van der Waals surface area contributed by atoms with Gasteiger partial charge in [0.05, 0.1) is 0 Å². The number of phenols is 1. The predicted molar refractivity (Wildman–Crippen MR) is 113 cm³/mol. The zero-order valence-corrected chi connectivity index (χ0v) is 16.5. The molecule has 1 N–H and O–H groups in total. The highest BCUT2D eigenvalue weighted by Crippen LogP contribution is 2.60. The highest BCUT2D eigenvalue weighted by atomic mass is 16.3. The van der Waals surface area contributed by atoms with Crippen molar-refractivity contribution >= 4 is 10.8 Å². The molecular formula is C26H28O. The minimum Gasteiger partial charge on any atom is -0.507 e. The number of phenolic OH excluding ortho intramolecular Hbond substituents is 1. The van der Waals surface area contributed by atoms with E-state index in [1.165, 1.54) is 53.3 Å². The van der Waals surface area contributed by atoms with Crippen LogP contribution in [0.3, 0.4) is 0 Å². The third-order valence-corrected chi connectivity index (χ3v) is 7.31. The Bertz CT molecular complexity index is 1030. The Morgan fingerprint density at radius 1 is 0.852 bits per heavy atom. The fourth-order valence-corrected chi connectivity index (χ4v) is 5.80. The first-order valence-corrected chi connectivity index (χ1v) is 10.3. The van der Waals surface area contributed by atoms with Gasteiger partial charge in [-0.3, -0.25) is 0 Å². The SMILES string of the molecule is CC(C)(C)C1CCC2(CC1)c1ccccc1-c1c2cc(O)c2ccccc12. The summed E-state index contributed by atoms with van der Waals surface area (Å²) in [5.41, 5.74) is 5.99. The van der Waals surface area contributed by atoms with Gasteiger partial charge in [0, 0.05) is 10.8 Å². The smallest absolute Gasteiger partial charge is 0.123 e. The monoisotopic (exact) mass is 356 g/mol. The average molecular weight is 357 g/mol. The van der Waals surface area contributed by atoms with Crippen molar-refractivity contribution in [2.24, 2.45) is 11.3 Å². The van der Waals surface area contributed by atoms with E-state index in [1.807, 2.05) is 12.1 Å². The van der Waals surface area contributed by atoms with Gasteiger partial charge >= 0.3 is 0 Å². The van der Waals surface area contributed by atoms with Crippen LogP contribution in [0.25, 0.3) is 21.9 Å². The lowest BCUT2D eigenvalue weighted by atomic mass is 9.61. The van der Waals surface area contributed by atoms with Crippen LogP contribution in [-0.4, -0.2) is 5.11 Å². The minimum absolute atomic E-state index is 0.0647. The van der Waals surface area contributed by atoms with Gasteiger partial charge in [-0.25, -0.2) is 0 Å². The van der Waals surface area contributed by atoms with Crippen LogP contribution in [0.5, 0.6) is 5.75 Å². The summed E-state index contributed by atoms with van der Waals surface area (Å²) >= 11 is 0. The first-order chi connectivity index (χ1) is 12.9. The van der Waals surface area contributed by atoms with Gasteiger partial charge in [-0.15, -0.1) is 0 Å². The van der Waals surface area contributed by atoms with E-state index in [9.17, 15) is 5.11 Å². The van der Waals surface area contributed by atoms with Crippen molar-refractivity contribution in [2.45, 2.75) is 51.9 Å². The van der Waals surface area contributed by atoms with Crippen molar-refractivity contribution in [1.82, 2.24) is 0 Å². The quantitative estimate of drug-likeness (QED) is 0.457. The topological polar surface area (TPSA) is 20.2 Å². The van der Waals surface area contributed by atoms with Crippen LogP contribution in [0.15, 0.2) is 54.6 Å². The number of benzene rings is 3. The Labute approximate surface area is 162 Å². The highest BCUT2D eigenvalue weighted by molar-refractivity contribution is 6.05. The van der Waals surface area contributed by atoms with Crippen molar-refractivity contribution in [3.05, 3.63) is 65.7 Å². The second-order valence-corrected chi connectivity index (χ2v) is 9.63. The lowest BCUT2D eigenvalue weighted by Crippen LogP contribution is -2.35. The number of hydrogen-bond acceptors (Lipinski definition) is 1. The summed E-state index contributed by atoms with van der Waals surface area (Å²) in [5, 5.41) is 13.0. The Morgan fingerprint density at radius 2 is 1.48 bits per heavy atom. The molecule has 138 valence electrons. The molecule has 0 radical (unpaired) electrons. The van der Waals surface area contributed by atoms with E-state index in [0.717, 1.165) is 11.3 Å². The molecule has 2 aliphatic carbocycles. The lowest BCUT2D eigenvalue weighted by Gasteiger charge is -2.43. The summed E-state index contributed by atoms with van der Waals surface area (Å²) in [5.74, 6) is 1.20. The number of aromatic hydroxyl groups is 1. The van der Waals surface area contributed by atoms with Crippen LogP contribution in [0.2, 0.25) is 0 Å². The molecule has 27 heavy (non-hydrogen) atoms. The van der Waals surface area contributed by atoms with Crippen LogP contribution in [0.4, 0.5) is 0 Å². The van der Waals surface area contributed by atoms with Crippen molar-refractivity contribution in [2.75, 3.05) is 0 Å². The highest BCUT2D eigenvalue weighted by Gasteiger charge is 2.47. The fraction of sp³-hybridized carbons (Fsp3) is 0.385. The van der Waals surface area contributed by atoms with Gasteiger partial charge in [-0.1, -0.05) is 69.3 Å². The summed E-state index contributed by atoms with van der Waals surface area (Å²) in [6.07, 6.45) is 4.86. The summed E-state index contributed by atoms with van der Waals surface area (Å²) < 4.78 is 0. The van der Waals surface area contributed by atoms with E-state index in [1.54, 1.807) is 0 Å². The van der Waals surface area contributed by atoms with Gasteiger partial charge in [0.15, 0.2) is 0 Å². The summed E-state index contributed by atoms with van der Waals surface area (Å²) in [4.78, 5) is 0. The zero-order chi connectivity index (χ0) is 18.8. The molecule has 0 atom stereocenters. The number of rotatable bonds is 0. The second kappa shape index (κ2) is 5.61. The van der Waals surface area contributed by atoms with Crippen LogP contribution in [0.1, 0.15) is 57.6 Å². The fourth-order valence-electron chi connectivity index (χ4n) is 5.80. The summed E-state index contributed by atoms with van der Waals surface area (Å²) in [6, 6.07) is 19.3. The van der Waals surface area contributed by atoms with Gasteiger partial charge in [0.25, 0.3) is 0 Å². The Kier molecular flexibility index (Phi) is 3.50. The molecule has 1 fully saturated rings. The molecule has 0 aromatic heterocycles. The lowest BCUT2D eigenvalue weighted by molar-refractivity contribution is 0.148. The molecule has 1 spiro atoms. The Morgan fingerprint density at radius 3 is 2.19 bits per heavy atom. The van der Waals surface area contributed by atoms with Gasteiger partial charge in [0.1, 0.15) is 5.75 Å². The summed E-state index contributed by atoms with van der Waals surface area (Å²) in [6.45, 7) is 7.14. The maximum absolute atomic E-state index is 10.8. The maximum atomic E-state index is 10.8. The molecule has 0 bridgehead atoms. The maximum Gasteiger partial charge on any atom is 0.123 e. The van der Waals surface area contributed by atoms with Crippen LogP contribution in [0, 0.1) is 11.3 Å². The van der Waals surface area contributed by atoms with Gasteiger partial charge in [0.2, 0.25) is 0 Å². The van der Waals surface area contributed by atoms with Crippen LogP contribution in [-0.2, 0) is 5.41 Å². The van der Waals surface area contributed by atoms with Crippen LogP contribution >= 0.6 is 0 Å². The molecule has 0 aliphatic heterocycles. The molecule has 1 nitrogen and oxygen atoms in total. The minimum atomic E-state index is 0.0647. The third-order valence-electron chi connectivity index (χ3n) is 7.31. The van der Waals surface area contributed by atoms with Crippen molar-refractivity contribution in [3.63, 3.8) is 0 Å². The van der Waals surface area contributed by atoms with Gasteiger partial charge in [-0.2, -0.15) is 0 Å². The molecule has 0 unspecified atom stereocenters. The standard InChI is InChI=1S/C26H28O/c1-25(2,3)17-12-14-26(15-13-17)21-11-7-6-10-20(21)24-19-9-5-4-8-18(19)23(27)16-22(24)26/h4-11,16-17,27H,12-15H2,1-3H3. The average Bonchev–Trinajstić information content (AvgIpc) is 2.92. The van der Waals surface area contributed by atoms with E-state index in [-0.39, 0.29) is 5.41 Å². The largest absolute Gasteiger partial charge is 0.507 e. The molecule has 3 aromatic rings. The Balaban J connectivity index is 1.75.